The lowest BCUT2D eigenvalue weighted by Gasteiger charge is -2.34. The monoisotopic (exact) mass is 391 g/mol. The Labute approximate surface area is 169 Å². The predicted octanol–water partition coefficient (Wildman–Crippen LogP) is 2.60. The smallest absolute Gasteiger partial charge is 0.193 e. The second-order valence-electron chi connectivity index (χ2n) is 7.77. The standard InChI is InChI=1S/C21H37N5O2/c1-3-22-21(24-10-4-5-12-25-15-11-23-18(25)2)26-13-8-19(9-14-26)28-17-20-7-6-16-27-20/h11,15,19-20H,3-10,12-14,16-17H2,1-2H3,(H,22,24). The van der Waals surface area contributed by atoms with Crippen LogP contribution in [0.3, 0.4) is 0 Å². The van der Waals surface area contributed by atoms with Gasteiger partial charge < -0.3 is 24.3 Å². The number of piperidine rings is 1. The summed E-state index contributed by atoms with van der Waals surface area (Å²) in [5, 5.41) is 3.46. The molecule has 2 fully saturated rings. The van der Waals surface area contributed by atoms with Gasteiger partial charge in [0.25, 0.3) is 0 Å². The van der Waals surface area contributed by atoms with Gasteiger partial charge in [0.05, 0.1) is 18.8 Å². The molecule has 2 saturated heterocycles. The summed E-state index contributed by atoms with van der Waals surface area (Å²) in [6.45, 7) is 10.7. The Balaban J connectivity index is 1.36. The molecule has 28 heavy (non-hydrogen) atoms. The summed E-state index contributed by atoms with van der Waals surface area (Å²) >= 11 is 0. The van der Waals surface area contributed by atoms with Crippen LogP contribution in [0.15, 0.2) is 17.4 Å². The van der Waals surface area contributed by atoms with Crippen LogP contribution in [0.5, 0.6) is 0 Å². The van der Waals surface area contributed by atoms with Crippen molar-refractivity contribution < 1.29 is 9.47 Å². The van der Waals surface area contributed by atoms with Gasteiger partial charge in [-0.15, -0.1) is 0 Å². The second kappa shape index (κ2) is 11.4. The number of likely N-dealkylation sites (tertiary alicyclic amines) is 1. The maximum absolute atomic E-state index is 6.09. The summed E-state index contributed by atoms with van der Waals surface area (Å²) in [6.07, 6.45) is 11.3. The number of imidazole rings is 1. The molecular formula is C21H37N5O2. The van der Waals surface area contributed by atoms with Crippen LogP contribution in [-0.4, -0.2) is 72.0 Å². The fraction of sp³-hybridized carbons (Fsp3) is 0.810. The Morgan fingerprint density at radius 3 is 2.86 bits per heavy atom. The molecule has 1 aromatic rings. The van der Waals surface area contributed by atoms with E-state index in [9.17, 15) is 0 Å². The van der Waals surface area contributed by atoms with Crippen molar-refractivity contribution >= 4 is 5.96 Å². The minimum absolute atomic E-state index is 0.322. The number of hydrogen-bond donors (Lipinski definition) is 1. The number of hydrogen-bond acceptors (Lipinski definition) is 4. The van der Waals surface area contributed by atoms with Crippen molar-refractivity contribution in [1.29, 1.82) is 0 Å². The molecule has 1 N–H and O–H groups in total. The maximum Gasteiger partial charge on any atom is 0.193 e. The van der Waals surface area contributed by atoms with E-state index in [1.54, 1.807) is 0 Å². The van der Waals surface area contributed by atoms with Gasteiger partial charge in [0, 0.05) is 51.7 Å². The molecule has 2 aliphatic rings. The van der Waals surface area contributed by atoms with Crippen LogP contribution in [0.25, 0.3) is 0 Å². The summed E-state index contributed by atoms with van der Waals surface area (Å²) in [5.41, 5.74) is 0. The van der Waals surface area contributed by atoms with Crippen LogP contribution in [0.2, 0.25) is 0 Å². The number of aromatic nitrogens is 2. The van der Waals surface area contributed by atoms with Crippen molar-refractivity contribution in [2.75, 3.05) is 39.4 Å². The van der Waals surface area contributed by atoms with E-state index in [4.69, 9.17) is 14.5 Å². The highest BCUT2D eigenvalue weighted by atomic mass is 16.5. The van der Waals surface area contributed by atoms with Gasteiger partial charge in [0.1, 0.15) is 5.82 Å². The molecule has 0 amide bonds. The van der Waals surface area contributed by atoms with E-state index in [0.29, 0.717) is 12.2 Å². The molecule has 1 atom stereocenters. The number of rotatable bonds is 9. The zero-order valence-electron chi connectivity index (χ0n) is 17.6. The number of guanidine groups is 1. The maximum atomic E-state index is 6.09. The van der Waals surface area contributed by atoms with E-state index in [-0.39, 0.29) is 0 Å². The van der Waals surface area contributed by atoms with Crippen LogP contribution < -0.4 is 5.32 Å². The summed E-state index contributed by atoms with van der Waals surface area (Å²) in [4.78, 5) is 11.5. The van der Waals surface area contributed by atoms with Crippen molar-refractivity contribution in [3.8, 4) is 0 Å². The first-order valence-electron chi connectivity index (χ1n) is 11.0. The molecule has 0 aromatic carbocycles. The van der Waals surface area contributed by atoms with E-state index in [1.807, 2.05) is 12.4 Å². The van der Waals surface area contributed by atoms with Gasteiger partial charge in [-0.05, 0) is 52.4 Å². The number of aryl methyl sites for hydroxylation is 2. The largest absolute Gasteiger partial charge is 0.376 e. The molecule has 0 spiro atoms. The van der Waals surface area contributed by atoms with Crippen molar-refractivity contribution in [2.24, 2.45) is 4.99 Å². The molecule has 0 saturated carbocycles. The lowest BCUT2D eigenvalue weighted by atomic mass is 10.1. The molecule has 0 aliphatic carbocycles. The zero-order valence-corrected chi connectivity index (χ0v) is 17.6. The van der Waals surface area contributed by atoms with Crippen LogP contribution in [0, 0.1) is 6.92 Å². The number of nitrogens with one attached hydrogen (secondary N) is 1. The van der Waals surface area contributed by atoms with E-state index in [0.717, 1.165) is 89.8 Å². The first-order chi connectivity index (χ1) is 13.8. The molecule has 3 rings (SSSR count). The average Bonchev–Trinajstić information content (AvgIpc) is 3.38. The molecule has 0 radical (unpaired) electrons. The Bertz CT molecular complexity index is 589. The van der Waals surface area contributed by atoms with Crippen molar-refractivity contribution in [3.05, 3.63) is 18.2 Å². The third-order valence-corrected chi connectivity index (χ3v) is 5.61. The number of nitrogens with zero attached hydrogens (tertiary/aromatic N) is 4. The first-order valence-corrected chi connectivity index (χ1v) is 11.0. The molecular weight excluding hydrogens is 354 g/mol. The van der Waals surface area contributed by atoms with Gasteiger partial charge in [0.15, 0.2) is 5.96 Å². The molecule has 7 heteroatoms. The molecule has 7 nitrogen and oxygen atoms in total. The predicted molar refractivity (Wildman–Crippen MR) is 112 cm³/mol. The Kier molecular flexibility index (Phi) is 8.61. The lowest BCUT2D eigenvalue weighted by Crippen LogP contribution is -2.47. The third-order valence-electron chi connectivity index (χ3n) is 5.61. The van der Waals surface area contributed by atoms with Crippen LogP contribution in [-0.2, 0) is 16.0 Å². The van der Waals surface area contributed by atoms with E-state index >= 15 is 0 Å². The topological polar surface area (TPSA) is 63.9 Å². The SMILES string of the molecule is CCNC(=NCCCCn1ccnc1C)N1CCC(OCC2CCCO2)CC1. The summed E-state index contributed by atoms with van der Waals surface area (Å²) in [5.74, 6) is 2.14. The van der Waals surface area contributed by atoms with Gasteiger partial charge >= 0.3 is 0 Å². The van der Waals surface area contributed by atoms with E-state index < -0.39 is 0 Å². The van der Waals surface area contributed by atoms with Crippen molar-refractivity contribution in [3.63, 3.8) is 0 Å². The quantitative estimate of drug-likeness (QED) is 0.398. The summed E-state index contributed by atoms with van der Waals surface area (Å²) in [7, 11) is 0. The highest BCUT2D eigenvalue weighted by Crippen LogP contribution is 2.18. The molecule has 2 aliphatic heterocycles. The molecule has 3 heterocycles. The molecule has 1 unspecified atom stereocenters. The third kappa shape index (κ3) is 6.48. The highest BCUT2D eigenvalue weighted by molar-refractivity contribution is 5.80. The highest BCUT2D eigenvalue weighted by Gasteiger charge is 2.24. The molecule has 0 bridgehead atoms. The van der Waals surface area contributed by atoms with Crippen molar-refractivity contribution in [2.45, 2.75) is 71.1 Å². The number of ether oxygens (including phenoxy) is 2. The van der Waals surface area contributed by atoms with Gasteiger partial charge in [-0.25, -0.2) is 4.98 Å². The first kappa shape index (κ1) is 21.1. The number of unbranched alkanes of at least 4 members (excludes halogenated alkanes) is 1. The van der Waals surface area contributed by atoms with Gasteiger partial charge in [-0.3, -0.25) is 4.99 Å². The fourth-order valence-electron chi connectivity index (χ4n) is 3.90. The summed E-state index contributed by atoms with van der Waals surface area (Å²) < 4.78 is 14.0. The second-order valence-corrected chi connectivity index (χ2v) is 7.77. The van der Waals surface area contributed by atoms with Gasteiger partial charge in [-0.1, -0.05) is 0 Å². The number of aliphatic imine (C=N–C) groups is 1. The zero-order chi connectivity index (χ0) is 19.6. The van der Waals surface area contributed by atoms with Crippen molar-refractivity contribution in [1.82, 2.24) is 19.8 Å². The Morgan fingerprint density at radius 1 is 1.32 bits per heavy atom. The minimum atomic E-state index is 0.322. The van der Waals surface area contributed by atoms with E-state index in [2.05, 4.69) is 33.6 Å². The average molecular weight is 392 g/mol. The molecule has 158 valence electrons. The van der Waals surface area contributed by atoms with E-state index in [1.165, 1.54) is 6.42 Å². The van der Waals surface area contributed by atoms with Crippen LogP contribution in [0.4, 0.5) is 0 Å². The normalized spacial score (nSPS) is 21.4. The Morgan fingerprint density at radius 2 is 2.18 bits per heavy atom. The van der Waals surface area contributed by atoms with Crippen LogP contribution >= 0.6 is 0 Å². The Hall–Kier alpha value is -1.60. The van der Waals surface area contributed by atoms with Gasteiger partial charge in [-0.2, -0.15) is 0 Å². The fourth-order valence-corrected chi connectivity index (χ4v) is 3.90. The summed E-state index contributed by atoms with van der Waals surface area (Å²) in [6, 6.07) is 0. The van der Waals surface area contributed by atoms with Crippen LogP contribution in [0.1, 0.15) is 51.3 Å². The van der Waals surface area contributed by atoms with Gasteiger partial charge in [0.2, 0.25) is 0 Å². The molecule has 1 aromatic heterocycles. The minimum Gasteiger partial charge on any atom is -0.376 e. The lowest BCUT2D eigenvalue weighted by molar-refractivity contribution is -0.0367.